The van der Waals surface area contributed by atoms with Crippen LogP contribution in [0.1, 0.15) is 48.0 Å². The van der Waals surface area contributed by atoms with Gasteiger partial charge in [0.15, 0.2) is 0 Å². The zero-order valence-electron chi connectivity index (χ0n) is 14.2. The second kappa shape index (κ2) is 6.64. The number of hydrogen-bond donors (Lipinski definition) is 3. The SMILES string of the molecule is O=C(C=Cc1ccc(C(=O)NO)cc1)NC1C2CC3CC(C2)CC1C3. The molecule has 0 atom stereocenters. The molecule has 1 aromatic carbocycles. The Kier molecular flexibility index (Phi) is 4.34. The normalized spacial score (nSPS) is 32.8. The molecule has 0 saturated heterocycles. The van der Waals surface area contributed by atoms with E-state index in [0.717, 1.165) is 17.4 Å². The average Bonchev–Trinajstić information content (AvgIpc) is 2.62. The number of rotatable bonds is 4. The number of benzene rings is 1. The molecule has 4 bridgehead atoms. The van der Waals surface area contributed by atoms with Gasteiger partial charge in [0.05, 0.1) is 0 Å². The van der Waals surface area contributed by atoms with Crippen molar-refractivity contribution in [2.45, 2.75) is 38.1 Å². The Hall–Kier alpha value is -2.14. The van der Waals surface area contributed by atoms with Crippen molar-refractivity contribution >= 4 is 17.9 Å². The highest BCUT2D eigenvalue weighted by molar-refractivity contribution is 5.94. The van der Waals surface area contributed by atoms with Crippen LogP contribution in [0.25, 0.3) is 6.08 Å². The first-order chi connectivity index (χ1) is 12.1. The van der Waals surface area contributed by atoms with Crippen molar-refractivity contribution in [1.29, 1.82) is 0 Å². The summed E-state index contributed by atoms with van der Waals surface area (Å²) < 4.78 is 0. The Labute approximate surface area is 147 Å². The van der Waals surface area contributed by atoms with Gasteiger partial charge in [0.2, 0.25) is 5.91 Å². The quantitative estimate of drug-likeness (QED) is 0.448. The molecule has 3 N–H and O–H groups in total. The smallest absolute Gasteiger partial charge is 0.274 e. The summed E-state index contributed by atoms with van der Waals surface area (Å²) in [5, 5.41) is 11.9. The predicted octanol–water partition coefficient (Wildman–Crippen LogP) is 2.76. The highest BCUT2D eigenvalue weighted by Crippen LogP contribution is 2.53. The van der Waals surface area contributed by atoms with Crippen LogP contribution in [0.5, 0.6) is 0 Å². The minimum absolute atomic E-state index is 0.0327. The summed E-state index contributed by atoms with van der Waals surface area (Å²) in [7, 11) is 0. The lowest BCUT2D eigenvalue weighted by molar-refractivity contribution is -0.120. The molecule has 5 rings (SSSR count). The number of nitrogens with one attached hydrogen (secondary N) is 2. The molecular formula is C20H24N2O3. The van der Waals surface area contributed by atoms with Gasteiger partial charge in [-0.1, -0.05) is 12.1 Å². The molecule has 5 heteroatoms. The third-order valence-corrected chi connectivity index (χ3v) is 6.24. The topological polar surface area (TPSA) is 78.4 Å². The number of hydrogen-bond acceptors (Lipinski definition) is 3. The van der Waals surface area contributed by atoms with Gasteiger partial charge >= 0.3 is 0 Å². The molecule has 0 heterocycles. The van der Waals surface area contributed by atoms with E-state index in [4.69, 9.17) is 5.21 Å². The maximum absolute atomic E-state index is 12.3. The Morgan fingerprint density at radius 1 is 0.960 bits per heavy atom. The fourth-order valence-electron chi connectivity index (χ4n) is 5.36. The van der Waals surface area contributed by atoms with E-state index >= 15 is 0 Å². The highest BCUT2D eigenvalue weighted by atomic mass is 16.5. The molecule has 0 aromatic heterocycles. The summed E-state index contributed by atoms with van der Waals surface area (Å²) in [4.78, 5) is 23.6. The fourth-order valence-corrected chi connectivity index (χ4v) is 5.36. The van der Waals surface area contributed by atoms with E-state index in [0.29, 0.717) is 23.4 Å². The molecular weight excluding hydrogens is 316 g/mol. The van der Waals surface area contributed by atoms with E-state index in [1.54, 1.807) is 41.9 Å². The van der Waals surface area contributed by atoms with E-state index in [9.17, 15) is 9.59 Å². The molecule has 25 heavy (non-hydrogen) atoms. The molecule has 4 aliphatic carbocycles. The lowest BCUT2D eigenvalue weighted by Gasteiger charge is -2.54. The van der Waals surface area contributed by atoms with Crippen LogP contribution in [0.3, 0.4) is 0 Å². The third-order valence-electron chi connectivity index (χ3n) is 6.24. The summed E-state index contributed by atoms with van der Waals surface area (Å²) in [6.07, 6.45) is 9.90. The predicted molar refractivity (Wildman–Crippen MR) is 93.7 cm³/mol. The molecule has 0 radical (unpaired) electrons. The van der Waals surface area contributed by atoms with Crippen molar-refractivity contribution in [1.82, 2.24) is 10.8 Å². The van der Waals surface area contributed by atoms with Crippen LogP contribution in [0.2, 0.25) is 0 Å². The average molecular weight is 340 g/mol. The monoisotopic (exact) mass is 340 g/mol. The summed E-state index contributed by atoms with van der Waals surface area (Å²) in [6.45, 7) is 0. The van der Waals surface area contributed by atoms with Crippen molar-refractivity contribution in [2.75, 3.05) is 0 Å². The minimum atomic E-state index is -0.546. The van der Waals surface area contributed by atoms with E-state index in [2.05, 4.69) is 5.32 Å². The van der Waals surface area contributed by atoms with E-state index < -0.39 is 5.91 Å². The van der Waals surface area contributed by atoms with E-state index in [-0.39, 0.29) is 5.91 Å². The van der Waals surface area contributed by atoms with Gasteiger partial charge in [0, 0.05) is 17.7 Å². The molecule has 2 amide bonds. The highest BCUT2D eigenvalue weighted by Gasteiger charge is 2.48. The number of hydroxylamine groups is 1. The minimum Gasteiger partial charge on any atom is -0.349 e. The van der Waals surface area contributed by atoms with Crippen molar-refractivity contribution in [3.05, 3.63) is 41.5 Å². The maximum Gasteiger partial charge on any atom is 0.274 e. The Morgan fingerprint density at radius 3 is 2.12 bits per heavy atom. The van der Waals surface area contributed by atoms with Gasteiger partial charge in [0.1, 0.15) is 0 Å². The molecule has 4 fully saturated rings. The first-order valence-electron chi connectivity index (χ1n) is 9.15. The molecule has 1 aromatic rings. The molecule has 4 aliphatic rings. The van der Waals surface area contributed by atoms with Gasteiger partial charge in [-0.2, -0.15) is 0 Å². The van der Waals surface area contributed by atoms with Crippen LogP contribution >= 0.6 is 0 Å². The summed E-state index contributed by atoms with van der Waals surface area (Å²) in [5.74, 6) is 2.57. The van der Waals surface area contributed by atoms with Gasteiger partial charge in [-0.3, -0.25) is 14.8 Å². The Balaban J connectivity index is 1.36. The zero-order valence-corrected chi connectivity index (χ0v) is 14.2. The van der Waals surface area contributed by atoms with E-state index in [1.807, 2.05) is 0 Å². The molecule has 132 valence electrons. The summed E-state index contributed by atoms with van der Waals surface area (Å²) >= 11 is 0. The lowest BCUT2D eigenvalue weighted by Crippen LogP contribution is -2.55. The van der Waals surface area contributed by atoms with Crippen LogP contribution in [-0.2, 0) is 4.79 Å². The third kappa shape index (κ3) is 3.33. The second-order valence-corrected chi connectivity index (χ2v) is 7.86. The van der Waals surface area contributed by atoms with Gasteiger partial charge in [-0.15, -0.1) is 0 Å². The first kappa shape index (κ1) is 16.3. The van der Waals surface area contributed by atoms with E-state index in [1.165, 1.54) is 32.1 Å². The summed E-state index contributed by atoms with van der Waals surface area (Å²) in [6, 6.07) is 7.07. The summed E-state index contributed by atoms with van der Waals surface area (Å²) in [5.41, 5.74) is 2.82. The first-order valence-corrected chi connectivity index (χ1v) is 9.15. The van der Waals surface area contributed by atoms with Crippen LogP contribution in [0.15, 0.2) is 30.3 Å². The van der Waals surface area contributed by atoms with Gasteiger partial charge < -0.3 is 5.32 Å². The van der Waals surface area contributed by atoms with Gasteiger partial charge in [0.25, 0.3) is 5.91 Å². The maximum atomic E-state index is 12.3. The standard InChI is InChI=1S/C20H24N2O3/c23-18(6-3-12-1-4-15(5-2-12)20(24)22-25)21-19-16-8-13-7-14(10-16)11-17(19)9-13/h1-6,13-14,16-17,19,25H,7-11H2,(H,21,23)(H,22,24). The second-order valence-electron chi connectivity index (χ2n) is 7.86. The van der Waals surface area contributed by atoms with Crippen LogP contribution in [0.4, 0.5) is 0 Å². The number of carbonyl (C=O) groups is 2. The molecule has 4 saturated carbocycles. The van der Waals surface area contributed by atoms with Crippen LogP contribution < -0.4 is 10.8 Å². The largest absolute Gasteiger partial charge is 0.349 e. The van der Waals surface area contributed by atoms with Crippen LogP contribution in [-0.4, -0.2) is 23.1 Å². The van der Waals surface area contributed by atoms with Crippen LogP contribution in [0, 0.1) is 23.7 Å². The molecule has 0 unspecified atom stereocenters. The fraction of sp³-hybridized carbons (Fsp3) is 0.500. The molecule has 0 spiro atoms. The van der Waals surface area contributed by atoms with Gasteiger partial charge in [-0.05, 0) is 79.5 Å². The number of carbonyl (C=O) groups excluding carboxylic acids is 2. The van der Waals surface area contributed by atoms with Crippen molar-refractivity contribution in [3.8, 4) is 0 Å². The van der Waals surface area contributed by atoms with Crippen molar-refractivity contribution in [2.24, 2.45) is 23.7 Å². The Bertz CT molecular complexity index is 667. The van der Waals surface area contributed by atoms with Gasteiger partial charge in [-0.25, -0.2) is 5.48 Å². The lowest BCUT2D eigenvalue weighted by atomic mass is 9.54. The van der Waals surface area contributed by atoms with Crippen molar-refractivity contribution < 1.29 is 14.8 Å². The Morgan fingerprint density at radius 2 is 1.56 bits per heavy atom. The zero-order chi connectivity index (χ0) is 17.4. The van der Waals surface area contributed by atoms with Crippen molar-refractivity contribution in [3.63, 3.8) is 0 Å². The molecule has 5 nitrogen and oxygen atoms in total. The molecule has 0 aliphatic heterocycles. The number of amides is 2.